The highest BCUT2D eigenvalue weighted by Gasteiger charge is 2.83. The Morgan fingerprint density at radius 1 is 1.14 bits per heavy atom. The van der Waals surface area contributed by atoms with Gasteiger partial charge < -0.3 is 24.8 Å². The van der Waals surface area contributed by atoms with Gasteiger partial charge in [-0.1, -0.05) is 6.92 Å². The SMILES string of the molecule is CCN1C[C@]2(COC)CC[C@H](O)[C@]34C1[C@@H](C[C@H]23)[C@@]1(O)C[C@H](OC)[C@@H]2C[C@@H]4[C@@H]1[C@H]2O. The van der Waals surface area contributed by atoms with E-state index in [0.717, 1.165) is 45.4 Å². The van der Waals surface area contributed by atoms with E-state index in [0.29, 0.717) is 12.3 Å². The highest BCUT2D eigenvalue weighted by Crippen LogP contribution is 2.78. The number of rotatable bonds is 4. The van der Waals surface area contributed by atoms with Crippen molar-refractivity contribution in [3.05, 3.63) is 0 Å². The first-order valence-corrected chi connectivity index (χ1v) is 11.7. The molecule has 6 heteroatoms. The van der Waals surface area contributed by atoms with E-state index in [9.17, 15) is 15.3 Å². The fourth-order valence-electron chi connectivity index (χ4n) is 10.4. The molecule has 0 amide bonds. The van der Waals surface area contributed by atoms with Crippen LogP contribution in [-0.4, -0.2) is 84.1 Å². The molecule has 1 heterocycles. The Bertz CT molecular complexity index is 705. The number of methoxy groups -OCH3 is 2. The fourth-order valence-corrected chi connectivity index (χ4v) is 10.4. The van der Waals surface area contributed by atoms with Gasteiger partial charge in [-0.3, -0.25) is 4.90 Å². The third-order valence-corrected chi connectivity index (χ3v) is 10.9. The van der Waals surface area contributed by atoms with Crippen molar-refractivity contribution < 1.29 is 24.8 Å². The highest BCUT2D eigenvalue weighted by molar-refractivity contribution is 5.33. The van der Waals surface area contributed by atoms with Crippen LogP contribution in [0.2, 0.25) is 0 Å². The Balaban J connectivity index is 1.57. The first-order valence-electron chi connectivity index (χ1n) is 11.7. The van der Waals surface area contributed by atoms with Crippen LogP contribution in [0.1, 0.15) is 39.0 Å². The zero-order valence-electron chi connectivity index (χ0n) is 18.0. The molecule has 12 atom stereocenters. The standard InChI is InChI=1S/C23H37NO5/c1-4-24-10-21(11-28-2)6-5-17(25)23-13-7-12-15(29-3)9-22(27,18(13)19(12)26)14(20(23)24)8-16(21)23/h12-20,25-27H,4-11H2,1-3H3/t12-,13+,14+,15-,16+,17-,18+,19-,20?,21-,22-,23+/m0/s1. The summed E-state index contributed by atoms with van der Waals surface area (Å²) >= 11 is 0. The van der Waals surface area contributed by atoms with Crippen LogP contribution in [0.25, 0.3) is 0 Å². The number of likely N-dealkylation sites (tertiary alicyclic amines) is 1. The summed E-state index contributed by atoms with van der Waals surface area (Å²) in [6, 6.07) is 0.200. The Kier molecular flexibility index (Phi) is 4.00. The summed E-state index contributed by atoms with van der Waals surface area (Å²) in [5, 5.41) is 35.2. The zero-order valence-corrected chi connectivity index (χ0v) is 18.0. The smallest absolute Gasteiger partial charge is 0.0771 e. The van der Waals surface area contributed by atoms with Gasteiger partial charge in [-0.05, 0) is 44.1 Å². The number of nitrogens with zero attached hydrogens (tertiary/aromatic N) is 1. The molecule has 6 fully saturated rings. The molecule has 164 valence electrons. The van der Waals surface area contributed by atoms with Crippen molar-refractivity contribution in [2.24, 2.45) is 40.4 Å². The van der Waals surface area contributed by atoms with Gasteiger partial charge in [0.25, 0.3) is 0 Å². The Hall–Kier alpha value is -0.240. The van der Waals surface area contributed by atoms with E-state index in [-0.39, 0.29) is 52.8 Å². The largest absolute Gasteiger partial charge is 0.392 e. The van der Waals surface area contributed by atoms with Crippen molar-refractivity contribution in [2.45, 2.75) is 69.0 Å². The van der Waals surface area contributed by atoms with E-state index in [1.807, 2.05) is 0 Å². The maximum atomic E-state index is 12.2. The molecule has 0 radical (unpaired) electrons. The summed E-state index contributed by atoms with van der Waals surface area (Å²) in [5.41, 5.74) is -1.08. The average Bonchev–Trinajstić information content (AvgIpc) is 3.13. The quantitative estimate of drug-likeness (QED) is 0.642. The van der Waals surface area contributed by atoms with Gasteiger partial charge in [0.2, 0.25) is 0 Å². The Morgan fingerprint density at radius 2 is 1.93 bits per heavy atom. The van der Waals surface area contributed by atoms with Gasteiger partial charge in [0.15, 0.2) is 0 Å². The van der Waals surface area contributed by atoms with Gasteiger partial charge in [0.05, 0.1) is 30.5 Å². The second-order valence-corrected chi connectivity index (χ2v) is 11.2. The lowest BCUT2D eigenvalue weighted by Gasteiger charge is -2.69. The predicted octanol–water partition coefficient (Wildman–Crippen LogP) is 0.877. The second-order valence-electron chi connectivity index (χ2n) is 11.2. The minimum absolute atomic E-state index is 0.0495. The van der Waals surface area contributed by atoms with E-state index >= 15 is 0 Å². The monoisotopic (exact) mass is 407 g/mol. The number of piperidine rings is 1. The molecule has 29 heavy (non-hydrogen) atoms. The van der Waals surface area contributed by atoms with Crippen molar-refractivity contribution >= 4 is 0 Å². The van der Waals surface area contributed by atoms with E-state index in [1.165, 1.54) is 0 Å². The Morgan fingerprint density at radius 3 is 2.62 bits per heavy atom. The molecule has 6 aliphatic rings. The van der Waals surface area contributed by atoms with Crippen LogP contribution in [0.5, 0.6) is 0 Å². The minimum Gasteiger partial charge on any atom is -0.392 e. The molecular weight excluding hydrogens is 370 g/mol. The summed E-state index contributed by atoms with van der Waals surface area (Å²) in [4.78, 5) is 2.57. The maximum Gasteiger partial charge on any atom is 0.0771 e. The van der Waals surface area contributed by atoms with Gasteiger partial charge in [-0.15, -0.1) is 0 Å². The van der Waals surface area contributed by atoms with Crippen LogP contribution < -0.4 is 0 Å². The number of fused-ring (bicyclic) bond motifs is 2. The predicted molar refractivity (Wildman–Crippen MR) is 106 cm³/mol. The molecule has 0 aromatic rings. The van der Waals surface area contributed by atoms with Gasteiger partial charge in [-0.25, -0.2) is 0 Å². The third-order valence-electron chi connectivity index (χ3n) is 10.9. The first-order chi connectivity index (χ1) is 13.9. The molecule has 5 aliphatic carbocycles. The number of ether oxygens (including phenoxy) is 2. The molecular formula is C23H37NO5. The van der Waals surface area contributed by atoms with Crippen LogP contribution in [0.3, 0.4) is 0 Å². The molecule has 1 aliphatic heterocycles. The lowest BCUT2D eigenvalue weighted by molar-refractivity contribution is -0.272. The number of aliphatic hydroxyl groups excluding tert-OH is 2. The molecule has 3 N–H and O–H groups in total. The molecule has 6 rings (SSSR count). The van der Waals surface area contributed by atoms with Gasteiger partial charge in [0.1, 0.15) is 0 Å². The summed E-state index contributed by atoms with van der Waals surface area (Å²) in [6.45, 7) is 4.88. The van der Waals surface area contributed by atoms with Gasteiger partial charge >= 0.3 is 0 Å². The van der Waals surface area contributed by atoms with Crippen LogP contribution in [0.4, 0.5) is 0 Å². The van der Waals surface area contributed by atoms with Crippen LogP contribution in [0.15, 0.2) is 0 Å². The van der Waals surface area contributed by atoms with Crippen LogP contribution in [0, 0.1) is 40.4 Å². The fraction of sp³-hybridized carbons (Fsp3) is 1.00. The number of aliphatic hydroxyl groups is 3. The third kappa shape index (κ3) is 1.93. The summed E-state index contributed by atoms with van der Waals surface area (Å²) in [6.07, 6.45) is 3.27. The first kappa shape index (κ1) is 19.4. The molecule has 1 spiro atoms. The number of hydrogen-bond donors (Lipinski definition) is 3. The van der Waals surface area contributed by atoms with Crippen molar-refractivity contribution in [3.8, 4) is 0 Å². The molecule has 0 aromatic carbocycles. The molecule has 1 unspecified atom stereocenters. The van der Waals surface area contributed by atoms with E-state index in [2.05, 4.69) is 11.8 Å². The summed E-state index contributed by atoms with van der Waals surface area (Å²) in [5.74, 6) is 0.553. The molecule has 7 bridgehead atoms. The van der Waals surface area contributed by atoms with E-state index in [1.54, 1.807) is 14.2 Å². The van der Waals surface area contributed by atoms with E-state index in [4.69, 9.17) is 9.47 Å². The normalized spacial score (nSPS) is 62.5. The molecule has 5 saturated carbocycles. The summed E-state index contributed by atoms with van der Waals surface area (Å²) in [7, 11) is 3.52. The van der Waals surface area contributed by atoms with Crippen molar-refractivity contribution in [2.75, 3.05) is 33.9 Å². The highest BCUT2D eigenvalue weighted by atomic mass is 16.5. The molecule has 6 nitrogen and oxygen atoms in total. The average molecular weight is 408 g/mol. The summed E-state index contributed by atoms with van der Waals surface area (Å²) < 4.78 is 11.6. The van der Waals surface area contributed by atoms with Crippen molar-refractivity contribution in [1.29, 1.82) is 0 Å². The van der Waals surface area contributed by atoms with Crippen LogP contribution in [-0.2, 0) is 9.47 Å². The number of hydrogen-bond acceptors (Lipinski definition) is 6. The minimum atomic E-state index is -0.901. The zero-order chi connectivity index (χ0) is 20.3. The lowest BCUT2D eigenvalue weighted by Crippen LogP contribution is -2.76. The molecule has 0 aromatic heterocycles. The van der Waals surface area contributed by atoms with Crippen molar-refractivity contribution in [3.63, 3.8) is 0 Å². The van der Waals surface area contributed by atoms with Crippen molar-refractivity contribution in [1.82, 2.24) is 4.90 Å². The second kappa shape index (κ2) is 5.96. The Labute approximate surface area is 173 Å². The topological polar surface area (TPSA) is 82.4 Å². The van der Waals surface area contributed by atoms with E-state index < -0.39 is 11.7 Å². The van der Waals surface area contributed by atoms with Crippen LogP contribution >= 0.6 is 0 Å². The molecule has 1 saturated heterocycles. The van der Waals surface area contributed by atoms with Gasteiger partial charge in [0, 0.05) is 61.8 Å². The maximum absolute atomic E-state index is 12.2. The lowest BCUT2D eigenvalue weighted by atomic mass is 9.43. The van der Waals surface area contributed by atoms with Gasteiger partial charge in [-0.2, -0.15) is 0 Å².